The Kier molecular flexibility index (Phi) is 5.68. The molecule has 0 aromatic heterocycles. The summed E-state index contributed by atoms with van der Waals surface area (Å²) >= 11 is 0. The Bertz CT molecular complexity index is 225. The van der Waals surface area contributed by atoms with Crippen LogP contribution in [0.1, 0.15) is 20.8 Å². The first-order valence-electron chi connectivity index (χ1n) is 4.11. The van der Waals surface area contributed by atoms with Crippen molar-refractivity contribution in [2.75, 3.05) is 13.7 Å². The minimum absolute atomic E-state index is 0.444. The highest BCUT2D eigenvalue weighted by Gasteiger charge is 2.00. The molecule has 0 aromatic carbocycles. The van der Waals surface area contributed by atoms with Crippen LogP contribution in [0.2, 0.25) is 0 Å². The van der Waals surface area contributed by atoms with Gasteiger partial charge in [-0.2, -0.15) is 0 Å². The zero-order valence-corrected chi connectivity index (χ0v) is 8.76. The van der Waals surface area contributed by atoms with Crippen LogP contribution in [-0.2, 0) is 9.57 Å². The lowest BCUT2D eigenvalue weighted by molar-refractivity contribution is 0.196. The Hall–Kier alpha value is -1.25. The minimum atomic E-state index is 0.444. The van der Waals surface area contributed by atoms with Gasteiger partial charge in [-0.25, -0.2) is 0 Å². The van der Waals surface area contributed by atoms with Crippen LogP contribution in [0.25, 0.3) is 0 Å². The first-order valence-corrected chi connectivity index (χ1v) is 4.11. The smallest absolute Gasteiger partial charge is 0.252 e. The molecule has 0 aliphatic rings. The van der Waals surface area contributed by atoms with Gasteiger partial charge in [-0.05, 0) is 32.0 Å². The van der Waals surface area contributed by atoms with Crippen LogP contribution < -0.4 is 0 Å². The number of nitrogens with zero attached hydrogens (tertiary/aromatic N) is 1. The van der Waals surface area contributed by atoms with Crippen LogP contribution in [0.4, 0.5) is 0 Å². The summed E-state index contributed by atoms with van der Waals surface area (Å²) in [5.74, 6) is 0.444. The van der Waals surface area contributed by atoms with Crippen molar-refractivity contribution >= 4 is 5.90 Å². The van der Waals surface area contributed by atoms with E-state index in [1.54, 1.807) is 0 Å². The average molecular weight is 183 g/mol. The van der Waals surface area contributed by atoms with Crippen molar-refractivity contribution in [2.45, 2.75) is 20.8 Å². The van der Waals surface area contributed by atoms with Gasteiger partial charge in [0, 0.05) is 5.57 Å². The quantitative estimate of drug-likeness (QED) is 0.290. The van der Waals surface area contributed by atoms with Crippen molar-refractivity contribution in [2.24, 2.45) is 5.16 Å². The first kappa shape index (κ1) is 11.8. The van der Waals surface area contributed by atoms with Crippen molar-refractivity contribution in [3.63, 3.8) is 0 Å². The largest absolute Gasteiger partial charge is 0.471 e. The van der Waals surface area contributed by atoms with E-state index in [1.165, 1.54) is 12.7 Å². The molecule has 0 saturated heterocycles. The second-order valence-corrected chi connectivity index (χ2v) is 2.95. The minimum Gasteiger partial charge on any atom is -0.471 e. The third kappa shape index (κ3) is 5.96. The summed E-state index contributed by atoms with van der Waals surface area (Å²) < 4.78 is 5.30. The average Bonchev–Trinajstić information content (AvgIpc) is 2.02. The molecule has 0 aliphatic carbocycles. The molecule has 0 rings (SSSR count). The molecule has 0 spiro atoms. The van der Waals surface area contributed by atoms with Crippen molar-refractivity contribution in [1.29, 1.82) is 0 Å². The number of hydrogen-bond acceptors (Lipinski definition) is 3. The number of rotatable bonds is 4. The van der Waals surface area contributed by atoms with E-state index in [-0.39, 0.29) is 0 Å². The number of ether oxygens (including phenoxy) is 1. The number of hydrogen-bond donors (Lipinski definition) is 0. The molecule has 0 aliphatic heterocycles. The molecule has 0 radical (unpaired) electrons. The number of allylic oxidation sites excluding steroid dienone is 1. The summed E-state index contributed by atoms with van der Waals surface area (Å²) in [6, 6.07) is 0. The maximum absolute atomic E-state index is 5.30. The van der Waals surface area contributed by atoms with E-state index in [1.807, 2.05) is 26.8 Å². The molecule has 0 N–H and O–H groups in total. The van der Waals surface area contributed by atoms with Crippen molar-refractivity contribution < 1.29 is 9.57 Å². The van der Waals surface area contributed by atoms with Gasteiger partial charge in [0.15, 0.2) is 0 Å². The van der Waals surface area contributed by atoms with E-state index in [0.29, 0.717) is 12.5 Å². The van der Waals surface area contributed by atoms with E-state index in [9.17, 15) is 0 Å². The zero-order chi connectivity index (χ0) is 10.3. The monoisotopic (exact) mass is 183 g/mol. The Labute approximate surface area is 79.7 Å². The van der Waals surface area contributed by atoms with Gasteiger partial charge in [0.25, 0.3) is 5.90 Å². The van der Waals surface area contributed by atoms with E-state index >= 15 is 0 Å². The van der Waals surface area contributed by atoms with Gasteiger partial charge in [0.05, 0.1) is 0 Å². The predicted octanol–water partition coefficient (Wildman–Crippen LogP) is 2.51. The molecule has 74 valence electrons. The van der Waals surface area contributed by atoms with Crippen LogP contribution in [0.3, 0.4) is 0 Å². The molecule has 3 nitrogen and oxygen atoms in total. The van der Waals surface area contributed by atoms with Gasteiger partial charge in [0.2, 0.25) is 0 Å². The van der Waals surface area contributed by atoms with Gasteiger partial charge in [0.1, 0.15) is 13.7 Å². The maximum atomic E-state index is 5.30. The summed E-state index contributed by atoms with van der Waals surface area (Å²) in [7, 11) is 1.48. The predicted molar refractivity (Wildman–Crippen MR) is 54.6 cm³/mol. The highest BCUT2D eigenvalue weighted by molar-refractivity contribution is 5.91. The topological polar surface area (TPSA) is 30.8 Å². The Morgan fingerprint density at radius 2 is 2.00 bits per heavy atom. The highest BCUT2D eigenvalue weighted by atomic mass is 16.6. The molecule has 0 aromatic rings. The lowest BCUT2D eigenvalue weighted by Gasteiger charge is -2.05. The molecular weight excluding hydrogens is 166 g/mol. The number of oxime groups is 1. The fourth-order valence-corrected chi connectivity index (χ4v) is 0.598. The van der Waals surface area contributed by atoms with Crippen LogP contribution >= 0.6 is 0 Å². The summed E-state index contributed by atoms with van der Waals surface area (Å²) in [5, 5.41) is 3.69. The lowest BCUT2D eigenvalue weighted by Crippen LogP contribution is -2.06. The van der Waals surface area contributed by atoms with Crippen LogP contribution in [0.15, 0.2) is 29.0 Å². The molecular formula is C10H17NO2. The second kappa shape index (κ2) is 6.29. The van der Waals surface area contributed by atoms with Gasteiger partial charge in [-0.1, -0.05) is 12.2 Å². The molecule has 0 fully saturated rings. The molecule has 0 unspecified atom stereocenters. The maximum Gasteiger partial charge on any atom is 0.252 e. The Balaban J connectivity index is 4.06. The summed E-state index contributed by atoms with van der Waals surface area (Å²) in [4.78, 5) is 4.60. The van der Waals surface area contributed by atoms with Crippen molar-refractivity contribution in [3.8, 4) is 0 Å². The molecule has 0 amide bonds. The standard InChI is InChI=1S/C10H17NO2/c1-8(2)6-7-13-10(9(3)4)11-12-5/h6H,3,7H2,1-2,4-5H3/b11-10-. The highest BCUT2D eigenvalue weighted by Crippen LogP contribution is 1.98. The normalized spacial score (nSPS) is 10.6. The summed E-state index contributed by atoms with van der Waals surface area (Å²) in [5.41, 5.74) is 1.96. The lowest BCUT2D eigenvalue weighted by atomic mass is 10.3. The fraction of sp³-hybridized carbons (Fsp3) is 0.500. The molecule has 3 heteroatoms. The van der Waals surface area contributed by atoms with E-state index < -0.39 is 0 Å². The van der Waals surface area contributed by atoms with Gasteiger partial charge in [-0.3, -0.25) is 0 Å². The van der Waals surface area contributed by atoms with Crippen molar-refractivity contribution in [1.82, 2.24) is 0 Å². The van der Waals surface area contributed by atoms with E-state index in [2.05, 4.69) is 16.6 Å². The van der Waals surface area contributed by atoms with E-state index in [0.717, 1.165) is 5.57 Å². The fourth-order valence-electron chi connectivity index (χ4n) is 0.598. The Morgan fingerprint density at radius 3 is 2.38 bits per heavy atom. The van der Waals surface area contributed by atoms with Gasteiger partial charge < -0.3 is 9.57 Å². The van der Waals surface area contributed by atoms with Gasteiger partial charge in [-0.15, -0.1) is 0 Å². The van der Waals surface area contributed by atoms with Crippen molar-refractivity contribution in [3.05, 3.63) is 23.8 Å². The molecule has 0 saturated carbocycles. The van der Waals surface area contributed by atoms with Gasteiger partial charge >= 0.3 is 0 Å². The third-order valence-electron chi connectivity index (χ3n) is 1.25. The molecule has 0 heterocycles. The summed E-state index contributed by atoms with van der Waals surface area (Å²) in [6.07, 6.45) is 1.97. The third-order valence-corrected chi connectivity index (χ3v) is 1.25. The Morgan fingerprint density at radius 1 is 1.38 bits per heavy atom. The molecule has 13 heavy (non-hydrogen) atoms. The van der Waals surface area contributed by atoms with Crippen LogP contribution in [0.5, 0.6) is 0 Å². The SMILES string of the molecule is C=C(C)/C(=N/OC)OCC=C(C)C. The summed E-state index contributed by atoms with van der Waals surface area (Å²) in [6.45, 7) is 10.1. The molecule has 0 atom stereocenters. The first-order chi connectivity index (χ1) is 6.07. The zero-order valence-electron chi connectivity index (χ0n) is 8.76. The van der Waals surface area contributed by atoms with E-state index in [4.69, 9.17) is 4.74 Å². The van der Waals surface area contributed by atoms with Crippen LogP contribution in [0, 0.1) is 0 Å². The second-order valence-electron chi connectivity index (χ2n) is 2.95. The van der Waals surface area contributed by atoms with Crippen LogP contribution in [-0.4, -0.2) is 19.6 Å². The molecule has 0 bridgehead atoms.